The Morgan fingerprint density at radius 1 is 1.37 bits per heavy atom. The van der Waals surface area contributed by atoms with Crippen molar-refractivity contribution < 1.29 is 0 Å². The SMILES string of the molecule is CC(C)N/C=C(\C=N)c1ccc2ncnc(N)c2c1. The average molecular weight is 255 g/mol. The lowest BCUT2D eigenvalue weighted by molar-refractivity contribution is 0.704. The highest BCUT2D eigenvalue weighted by atomic mass is 14.9. The Kier molecular flexibility index (Phi) is 3.75. The normalized spacial score (nSPS) is 11.8. The molecular formula is C14H17N5. The first-order valence-corrected chi connectivity index (χ1v) is 6.09. The largest absolute Gasteiger partial charge is 0.388 e. The molecule has 0 aliphatic heterocycles. The molecule has 1 aromatic heterocycles. The van der Waals surface area contributed by atoms with Gasteiger partial charge in [0.2, 0.25) is 0 Å². The first-order chi connectivity index (χ1) is 9.11. The van der Waals surface area contributed by atoms with E-state index in [0.717, 1.165) is 22.0 Å². The first kappa shape index (κ1) is 13.0. The average Bonchev–Trinajstić information content (AvgIpc) is 2.40. The molecule has 1 heterocycles. The number of rotatable bonds is 4. The van der Waals surface area contributed by atoms with Crippen LogP contribution in [0.4, 0.5) is 5.82 Å². The fraction of sp³-hybridized carbons (Fsp3) is 0.214. The van der Waals surface area contributed by atoms with E-state index in [-0.39, 0.29) is 0 Å². The zero-order valence-corrected chi connectivity index (χ0v) is 11.0. The van der Waals surface area contributed by atoms with Crippen LogP contribution in [-0.2, 0) is 0 Å². The number of hydrogen-bond donors (Lipinski definition) is 3. The second kappa shape index (κ2) is 5.48. The maximum Gasteiger partial charge on any atom is 0.134 e. The van der Waals surface area contributed by atoms with Crippen molar-refractivity contribution in [3.8, 4) is 0 Å². The third kappa shape index (κ3) is 2.88. The summed E-state index contributed by atoms with van der Waals surface area (Å²) in [7, 11) is 0. The molecule has 98 valence electrons. The second-order valence-corrected chi connectivity index (χ2v) is 4.56. The van der Waals surface area contributed by atoms with E-state index in [9.17, 15) is 0 Å². The number of benzene rings is 1. The number of hydrogen-bond acceptors (Lipinski definition) is 5. The van der Waals surface area contributed by atoms with Crippen LogP contribution in [0.15, 0.2) is 30.7 Å². The number of fused-ring (bicyclic) bond motifs is 1. The number of nitrogens with zero attached hydrogens (tertiary/aromatic N) is 2. The lowest BCUT2D eigenvalue weighted by atomic mass is 10.1. The van der Waals surface area contributed by atoms with E-state index in [0.29, 0.717) is 11.9 Å². The molecular weight excluding hydrogens is 238 g/mol. The molecule has 0 saturated heterocycles. The molecule has 0 fully saturated rings. The van der Waals surface area contributed by atoms with Gasteiger partial charge < -0.3 is 16.5 Å². The topological polar surface area (TPSA) is 87.7 Å². The van der Waals surface area contributed by atoms with Crippen molar-refractivity contribution in [2.75, 3.05) is 5.73 Å². The molecule has 0 amide bonds. The van der Waals surface area contributed by atoms with Gasteiger partial charge in [0, 0.05) is 29.4 Å². The fourth-order valence-corrected chi connectivity index (χ4v) is 1.72. The van der Waals surface area contributed by atoms with Crippen molar-refractivity contribution in [1.29, 1.82) is 5.41 Å². The third-order valence-corrected chi connectivity index (χ3v) is 2.73. The van der Waals surface area contributed by atoms with E-state index in [2.05, 4.69) is 15.3 Å². The van der Waals surface area contributed by atoms with Crippen LogP contribution in [0.3, 0.4) is 0 Å². The minimum atomic E-state index is 0.323. The van der Waals surface area contributed by atoms with Crippen molar-refractivity contribution in [2.45, 2.75) is 19.9 Å². The number of nitrogens with one attached hydrogen (secondary N) is 2. The van der Waals surface area contributed by atoms with Crippen LogP contribution < -0.4 is 11.1 Å². The first-order valence-electron chi connectivity index (χ1n) is 6.09. The molecule has 4 N–H and O–H groups in total. The zero-order valence-electron chi connectivity index (χ0n) is 11.0. The lowest BCUT2D eigenvalue weighted by Crippen LogP contribution is -2.16. The Morgan fingerprint density at radius 2 is 2.16 bits per heavy atom. The summed E-state index contributed by atoms with van der Waals surface area (Å²) in [6.07, 6.45) is 4.60. The Bertz CT molecular complexity index is 631. The Morgan fingerprint density at radius 3 is 2.84 bits per heavy atom. The summed E-state index contributed by atoms with van der Waals surface area (Å²) in [4.78, 5) is 8.14. The highest BCUT2D eigenvalue weighted by Gasteiger charge is 2.04. The van der Waals surface area contributed by atoms with Gasteiger partial charge in [0.05, 0.1) is 5.52 Å². The number of nitrogens with two attached hydrogens (primary N) is 1. The van der Waals surface area contributed by atoms with E-state index in [4.69, 9.17) is 11.1 Å². The van der Waals surface area contributed by atoms with Crippen molar-refractivity contribution in [2.24, 2.45) is 0 Å². The molecule has 2 aromatic rings. The van der Waals surface area contributed by atoms with Gasteiger partial charge in [-0.2, -0.15) is 0 Å². The monoisotopic (exact) mass is 255 g/mol. The summed E-state index contributed by atoms with van der Waals surface area (Å²) >= 11 is 0. The zero-order chi connectivity index (χ0) is 13.8. The third-order valence-electron chi connectivity index (χ3n) is 2.73. The van der Waals surface area contributed by atoms with Gasteiger partial charge in [-0.1, -0.05) is 6.07 Å². The van der Waals surface area contributed by atoms with Gasteiger partial charge in [-0.25, -0.2) is 9.97 Å². The van der Waals surface area contributed by atoms with Gasteiger partial charge in [0.15, 0.2) is 0 Å². The summed E-state index contributed by atoms with van der Waals surface area (Å²) < 4.78 is 0. The Labute approximate surface area is 112 Å². The molecule has 0 radical (unpaired) electrons. The standard InChI is InChI=1S/C14H17N5/c1-9(2)17-7-11(6-15)10-3-4-13-12(5-10)14(16)19-8-18-13/h3-9,15,17H,1-2H3,(H2,16,18,19)/b11-7+,15-6?. The number of allylic oxidation sites excluding steroid dienone is 1. The molecule has 5 nitrogen and oxygen atoms in total. The fourth-order valence-electron chi connectivity index (χ4n) is 1.72. The van der Waals surface area contributed by atoms with Gasteiger partial charge in [-0.15, -0.1) is 0 Å². The summed E-state index contributed by atoms with van der Waals surface area (Å²) in [5.74, 6) is 0.452. The van der Waals surface area contributed by atoms with Crippen LogP contribution >= 0.6 is 0 Å². The molecule has 0 bridgehead atoms. The molecule has 0 atom stereocenters. The van der Waals surface area contributed by atoms with Crippen molar-refractivity contribution in [3.63, 3.8) is 0 Å². The smallest absolute Gasteiger partial charge is 0.134 e. The van der Waals surface area contributed by atoms with Gasteiger partial charge >= 0.3 is 0 Å². The molecule has 19 heavy (non-hydrogen) atoms. The van der Waals surface area contributed by atoms with Crippen LogP contribution in [-0.4, -0.2) is 22.2 Å². The maximum absolute atomic E-state index is 7.51. The predicted octanol–water partition coefficient (Wildman–Crippen LogP) is 2.20. The van der Waals surface area contributed by atoms with Gasteiger partial charge in [-0.3, -0.25) is 0 Å². The number of anilines is 1. The molecule has 0 unspecified atom stereocenters. The Balaban J connectivity index is 2.47. The Hall–Kier alpha value is -2.43. The van der Waals surface area contributed by atoms with Gasteiger partial charge in [0.1, 0.15) is 12.1 Å². The van der Waals surface area contributed by atoms with E-state index < -0.39 is 0 Å². The minimum absolute atomic E-state index is 0.323. The molecule has 0 aliphatic rings. The van der Waals surface area contributed by atoms with E-state index >= 15 is 0 Å². The van der Waals surface area contributed by atoms with Crippen LogP contribution in [0.2, 0.25) is 0 Å². The highest BCUT2D eigenvalue weighted by Crippen LogP contribution is 2.21. The van der Waals surface area contributed by atoms with Crippen LogP contribution in [0.5, 0.6) is 0 Å². The maximum atomic E-state index is 7.51. The van der Waals surface area contributed by atoms with Crippen LogP contribution in [0.1, 0.15) is 19.4 Å². The van der Waals surface area contributed by atoms with E-state index in [1.54, 1.807) is 0 Å². The van der Waals surface area contributed by atoms with Crippen molar-refractivity contribution in [3.05, 3.63) is 36.3 Å². The molecule has 0 saturated carbocycles. The summed E-state index contributed by atoms with van der Waals surface area (Å²) in [5, 5.41) is 11.5. The molecule has 5 heteroatoms. The van der Waals surface area contributed by atoms with Crippen LogP contribution in [0, 0.1) is 5.41 Å². The predicted molar refractivity (Wildman–Crippen MR) is 79.0 cm³/mol. The summed E-state index contributed by atoms with van der Waals surface area (Å²) in [6, 6.07) is 6.04. The molecule has 2 rings (SSSR count). The van der Waals surface area contributed by atoms with E-state index in [1.807, 2.05) is 38.2 Å². The van der Waals surface area contributed by atoms with Gasteiger partial charge in [-0.05, 0) is 31.5 Å². The molecule has 1 aromatic carbocycles. The van der Waals surface area contributed by atoms with Crippen LogP contribution in [0.25, 0.3) is 16.5 Å². The quantitative estimate of drug-likeness (QED) is 0.731. The molecule has 0 aliphatic carbocycles. The summed E-state index contributed by atoms with van der Waals surface area (Å²) in [6.45, 7) is 4.09. The van der Waals surface area contributed by atoms with E-state index in [1.165, 1.54) is 12.5 Å². The lowest BCUT2D eigenvalue weighted by Gasteiger charge is -2.08. The minimum Gasteiger partial charge on any atom is -0.388 e. The van der Waals surface area contributed by atoms with Crippen molar-refractivity contribution >= 4 is 28.5 Å². The second-order valence-electron chi connectivity index (χ2n) is 4.56. The summed E-state index contributed by atoms with van der Waals surface area (Å²) in [5.41, 5.74) is 8.35. The number of aromatic nitrogens is 2. The van der Waals surface area contributed by atoms with Gasteiger partial charge in [0.25, 0.3) is 0 Å². The van der Waals surface area contributed by atoms with Crippen molar-refractivity contribution in [1.82, 2.24) is 15.3 Å². The highest BCUT2D eigenvalue weighted by molar-refractivity contribution is 6.09. The number of nitrogen functional groups attached to an aromatic ring is 1. The molecule has 0 spiro atoms.